The summed E-state index contributed by atoms with van der Waals surface area (Å²) in [6.07, 6.45) is 1.34. The van der Waals surface area contributed by atoms with Gasteiger partial charge in [0.25, 0.3) is 5.91 Å². The Morgan fingerprint density at radius 1 is 0.893 bits per heavy atom. The molecular formula is C21H21N5O2. The van der Waals surface area contributed by atoms with Gasteiger partial charge in [0, 0.05) is 30.1 Å². The standard InChI is InChI=1S/C21H21N5O2/c1-13-7-8-14(2)18(9-13)26-20-11-19(22-12-23-20)21(28)25-17-6-4-5-16(10-17)24-15(3)27/h4-12H,1-3H3,(H,24,27)(H,25,28)(H,22,23,26). The zero-order valence-corrected chi connectivity index (χ0v) is 15.9. The van der Waals surface area contributed by atoms with Crippen molar-refractivity contribution in [3.05, 3.63) is 71.7 Å². The molecule has 0 bridgehead atoms. The lowest BCUT2D eigenvalue weighted by Crippen LogP contribution is -2.15. The van der Waals surface area contributed by atoms with E-state index < -0.39 is 0 Å². The Morgan fingerprint density at radius 2 is 1.64 bits per heavy atom. The number of hydrogen-bond acceptors (Lipinski definition) is 5. The van der Waals surface area contributed by atoms with Crippen LogP contribution in [0.3, 0.4) is 0 Å². The van der Waals surface area contributed by atoms with Crippen molar-refractivity contribution >= 4 is 34.7 Å². The molecule has 0 fully saturated rings. The van der Waals surface area contributed by atoms with E-state index in [0.717, 1.165) is 16.8 Å². The fourth-order valence-corrected chi connectivity index (χ4v) is 2.63. The zero-order chi connectivity index (χ0) is 20.1. The van der Waals surface area contributed by atoms with Crippen LogP contribution in [0, 0.1) is 13.8 Å². The van der Waals surface area contributed by atoms with Crippen molar-refractivity contribution in [3.8, 4) is 0 Å². The topological polar surface area (TPSA) is 96.0 Å². The number of amides is 2. The van der Waals surface area contributed by atoms with Crippen molar-refractivity contribution in [2.75, 3.05) is 16.0 Å². The summed E-state index contributed by atoms with van der Waals surface area (Å²) in [4.78, 5) is 32.0. The molecule has 3 aromatic rings. The Labute approximate surface area is 163 Å². The minimum Gasteiger partial charge on any atom is -0.340 e. The fraction of sp³-hybridized carbons (Fsp3) is 0.143. The SMILES string of the molecule is CC(=O)Nc1cccc(NC(=O)c2cc(Nc3cc(C)ccc3C)ncn2)c1. The first-order valence-corrected chi connectivity index (χ1v) is 8.76. The maximum absolute atomic E-state index is 12.6. The molecule has 2 aromatic carbocycles. The highest BCUT2D eigenvalue weighted by Gasteiger charge is 2.10. The van der Waals surface area contributed by atoms with Crippen LogP contribution in [-0.2, 0) is 4.79 Å². The van der Waals surface area contributed by atoms with Gasteiger partial charge in [0.2, 0.25) is 5.91 Å². The van der Waals surface area contributed by atoms with Gasteiger partial charge in [0.1, 0.15) is 17.8 Å². The van der Waals surface area contributed by atoms with Crippen LogP contribution in [-0.4, -0.2) is 21.8 Å². The number of anilines is 4. The minimum atomic E-state index is -0.369. The van der Waals surface area contributed by atoms with Crippen molar-refractivity contribution in [1.29, 1.82) is 0 Å². The van der Waals surface area contributed by atoms with Gasteiger partial charge in [0.15, 0.2) is 0 Å². The molecule has 3 rings (SSSR count). The molecule has 0 spiro atoms. The first kappa shape index (κ1) is 19.0. The van der Waals surface area contributed by atoms with Crippen LogP contribution in [0.1, 0.15) is 28.5 Å². The second-order valence-electron chi connectivity index (χ2n) is 6.45. The van der Waals surface area contributed by atoms with Crippen molar-refractivity contribution in [1.82, 2.24) is 9.97 Å². The largest absolute Gasteiger partial charge is 0.340 e. The van der Waals surface area contributed by atoms with Crippen LogP contribution < -0.4 is 16.0 Å². The van der Waals surface area contributed by atoms with E-state index >= 15 is 0 Å². The van der Waals surface area contributed by atoms with Gasteiger partial charge >= 0.3 is 0 Å². The first-order chi connectivity index (χ1) is 13.4. The van der Waals surface area contributed by atoms with Gasteiger partial charge in [-0.1, -0.05) is 18.2 Å². The number of benzene rings is 2. The summed E-state index contributed by atoms with van der Waals surface area (Å²) in [6.45, 7) is 5.44. The van der Waals surface area contributed by atoms with Crippen LogP contribution in [0.25, 0.3) is 0 Å². The van der Waals surface area contributed by atoms with Crippen LogP contribution in [0.2, 0.25) is 0 Å². The molecule has 0 aliphatic rings. The number of hydrogen-bond donors (Lipinski definition) is 3. The van der Waals surface area contributed by atoms with Gasteiger partial charge in [-0.2, -0.15) is 0 Å². The summed E-state index contributed by atoms with van der Waals surface area (Å²) in [7, 11) is 0. The lowest BCUT2D eigenvalue weighted by atomic mass is 10.1. The van der Waals surface area contributed by atoms with Crippen LogP contribution >= 0.6 is 0 Å². The number of aromatic nitrogens is 2. The maximum atomic E-state index is 12.6. The lowest BCUT2D eigenvalue weighted by molar-refractivity contribution is -0.114. The zero-order valence-electron chi connectivity index (χ0n) is 15.9. The summed E-state index contributed by atoms with van der Waals surface area (Å²) in [5.41, 5.74) is 4.51. The van der Waals surface area contributed by atoms with Gasteiger partial charge in [-0.05, 0) is 49.2 Å². The molecule has 0 radical (unpaired) electrons. The van der Waals surface area contributed by atoms with Gasteiger partial charge in [-0.25, -0.2) is 9.97 Å². The Bertz CT molecular complexity index is 1030. The summed E-state index contributed by atoms with van der Waals surface area (Å²) < 4.78 is 0. The summed E-state index contributed by atoms with van der Waals surface area (Å²) in [5, 5.41) is 8.68. The third-order valence-electron chi connectivity index (χ3n) is 4.00. The minimum absolute atomic E-state index is 0.179. The highest BCUT2D eigenvalue weighted by atomic mass is 16.2. The number of carbonyl (C=O) groups is 2. The van der Waals surface area contributed by atoms with Crippen molar-refractivity contribution in [2.24, 2.45) is 0 Å². The second-order valence-corrected chi connectivity index (χ2v) is 6.45. The van der Waals surface area contributed by atoms with Crippen LogP contribution in [0.5, 0.6) is 0 Å². The van der Waals surface area contributed by atoms with E-state index in [1.54, 1.807) is 30.3 Å². The second kappa shape index (κ2) is 8.30. The molecule has 7 nitrogen and oxygen atoms in total. The third-order valence-corrected chi connectivity index (χ3v) is 4.00. The van der Waals surface area contributed by atoms with Gasteiger partial charge in [0.05, 0.1) is 0 Å². The number of rotatable bonds is 5. The summed E-state index contributed by atoms with van der Waals surface area (Å²) in [5.74, 6) is -0.0197. The van der Waals surface area contributed by atoms with E-state index in [4.69, 9.17) is 0 Å². The molecule has 0 atom stereocenters. The highest BCUT2D eigenvalue weighted by molar-refractivity contribution is 6.03. The number of nitrogens with one attached hydrogen (secondary N) is 3. The Balaban J connectivity index is 1.75. The van der Waals surface area contributed by atoms with E-state index in [2.05, 4.69) is 25.9 Å². The molecular weight excluding hydrogens is 354 g/mol. The fourth-order valence-electron chi connectivity index (χ4n) is 2.63. The van der Waals surface area contributed by atoms with E-state index in [0.29, 0.717) is 17.2 Å². The summed E-state index contributed by atoms with van der Waals surface area (Å²) in [6, 6.07) is 14.6. The maximum Gasteiger partial charge on any atom is 0.274 e. The van der Waals surface area contributed by atoms with E-state index in [1.807, 2.05) is 32.0 Å². The average molecular weight is 375 g/mol. The number of aryl methyl sites for hydroxylation is 2. The molecule has 0 aliphatic carbocycles. The molecule has 28 heavy (non-hydrogen) atoms. The molecule has 0 aliphatic heterocycles. The predicted molar refractivity (Wildman–Crippen MR) is 110 cm³/mol. The number of carbonyl (C=O) groups excluding carboxylic acids is 2. The normalized spacial score (nSPS) is 10.2. The third kappa shape index (κ3) is 4.91. The average Bonchev–Trinajstić information content (AvgIpc) is 2.65. The van der Waals surface area contributed by atoms with Crippen LogP contribution in [0.15, 0.2) is 54.9 Å². The van der Waals surface area contributed by atoms with E-state index in [9.17, 15) is 9.59 Å². The summed E-state index contributed by atoms with van der Waals surface area (Å²) >= 11 is 0. The molecule has 2 amide bonds. The van der Waals surface area contributed by atoms with Crippen molar-refractivity contribution in [3.63, 3.8) is 0 Å². The monoisotopic (exact) mass is 375 g/mol. The Morgan fingerprint density at radius 3 is 2.39 bits per heavy atom. The van der Waals surface area contributed by atoms with Gasteiger partial charge in [-0.3, -0.25) is 9.59 Å². The van der Waals surface area contributed by atoms with E-state index in [1.165, 1.54) is 13.3 Å². The van der Waals surface area contributed by atoms with Crippen LogP contribution in [0.4, 0.5) is 22.9 Å². The molecule has 7 heteroatoms. The molecule has 0 saturated carbocycles. The van der Waals surface area contributed by atoms with Crippen molar-refractivity contribution < 1.29 is 9.59 Å². The van der Waals surface area contributed by atoms with Gasteiger partial charge in [-0.15, -0.1) is 0 Å². The molecule has 1 heterocycles. The first-order valence-electron chi connectivity index (χ1n) is 8.76. The van der Waals surface area contributed by atoms with Gasteiger partial charge < -0.3 is 16.0 Å². The lowest BCUT2D eigenvalue weighted by Gasteiger charge is -2.11. The predicted octanol–water partition coefficient (Wildman–Crippen LogP) is 4.05. The molecule has 3 N–H and O–H groups in total. The Kier molecular flexibility index (Phi) is 5.64. The van der Waals surface area contributed by atoms with E-state index in [-0.39, 0.29) is 17.5 Å². The number of nitrogens with zero attached hydrogens (tertiary/aromatic N) is 2. The molecule has 0 unspecified atom stereocenters. The molecule has 142 valence electrons. The molecule has 0 saturated heterocycles. The Hall–Kier alpha value is -3.74. The quantitative estimate of drug-likeness (QED) is 0.625. The smallest absolute Gasteiger partial charge is 0.274 e. The highest BCUT2D eigenvalue weighted by Crippen LogP contribution is 2.21. The van der Waals surface area contributed by atoms with Crippen molar-refractivity contribution in [2.45, 2.75) is 20.8 Å². The molecule has 1 aromatic heterocycles.